The molecule has 1 rings (SSSR count). The van der Waals surface area contributed by atoms with Gasteiger partial charge < -0.3 is 5.32 Å². The highest BCUT2D eigenvalue weighted by Gasteiger charge is 2.16. The molecule has 0 atom stereocenters. The van der Waals surface area contributed by atoms with Gasteiger partial charge in [0.25, 0.3) is 0 Å². The smallest absolute Gasteiger partial charge is 0.154 e. The molecule has 1 aromatic rings. The van der Waals surface area contributed by atoms with Gasteiger partial charge in [-0.3, -0.25) is 4.68 Å². The number of aryl methyl sites for hydroxylation is 1. The highest BCUT2D eigenvalue weighted by Crippen LogP contribution is 2.04. The molecule has 0 amide bonds. The van der Waals surface area contributed by atoms with Gasteiger partial charge in [0.05, 0.1) is 23.2 Å². The van der Waals surface area contributed by atoms with E-state index in [9.17, 15) is 8.42 Å². The van der Waals surface area contributed by atoms with Crippen molar-refractivity contribution in [2.24, 2.45) is 0 Å². The maximum absolute atomic E-state index is 11.7. The number of nitrogens with one attached hydrogen (secondary N) is 1. The fourth-order valence-corrected chi connectivity index (χ4v) is 2.35. The second-order valence-corrected chi connectivity index (χ2v) is 8.77. The standard InChI is InChI=1S/C13H25N3O2S/c1-11(2)19(17,18)9-8-16-7-6-12(15-16)10-14-13(3,4)5/h6-7,11,14H,8-10H2,1-5H3. The Morgan fingerprint density at radius 3 is 2.53 bits per heavy atom. The summed E-state index contributed by atoms with van der Waals surface area (Å²) in [6, 6.07) is 1.92. The van der Waals surface area contributed by atoms with Crippen molar-refractivity contribution in [3.63, 3.8) is 0 Å². The summed E-state index contributed by atoms with van der Waals surface area (Å²) >= 11 is 0. The number of sulfone groups is 1. The van der Waals surface area contributed by atoms with Crippen LogP contribution >= 0.6 is 0 Å². The van der Waals surface area contributed by atoms with Crippen LogP contribution in [0.1, 0.15) is 40.3 Å². The summed E-state index contributed by atoms with van der Waals surface area (Å²) in [7, 11) is -3.00. The van der Waals surface area contributed by atoms with Crippen LogP contribution in [-0.2, 0) is 22.9 Å². The zero-order valence-electron chi connectivity index (χ0n) is 12.5. The Balaban J connectivity index is 2.52. The molecule has 0 fully saturated rings. The van der Waals surface area contributed by atoms with Crippen LogP contribution in [0.15, 0.2) is 12.3 Å². The molecule has 19 heavy (non-hydrogen) atoms. The lowest BCUT2D eigenvalue weighted by Crippen LogP contribution is -2.35. The van der Waals surface area contributed by atoms with Gasteiger partial charge in [0.15, 0.2) is 9.84 Å². The number of rotatable bonds is 6. The van der Waals surface area contributed by atoms with Crippen LogP contribution < -0.4 is 5.32 Å². The predicted octanol–water partition coefficient (Wildman–Crippen LogP) is 1.59. The fraction of sp³-hybridized carbons (Fsp3) is 0.769. The molecule has 0 radical (unpaired) electrons. The first kappa shape index (κ1) is 16.2. The molecule has 0 aliphatic rings. The van der Waals surface area contributed by atoms with Crippen molar-refractivity contribution in [3.05, 3.63) is 18.0 Å². The van der Waals surface area contributed by atoms with E-state index in [1.54, 1.807) is 18.5 Å². The average Bonchev–Trinajstić information content (AvgIpc) is 2.70. The molecule has 110 valence electrons. The Hall–Kier alpha value is -0.880. The van der Waals surface area contributed by atoms with E-state index in [1.807, 2.05) is 12.3 Å². The first-order chi connectivity index (χ1) is 8.60. The normalized spacial score (nSPS) is 13.2. The lowest BCUT2D eigenvalue weighted by Gasteiger charge is -2.19. The maximum atomic E-state index is 11.7. The van der Waals surface area contributed by atoms with Crippen LogP contribution in [0, 0.1) is 0 Å². The van der Waals surface area contributed by atoms with Gasteiger partial charge in [-0.15, -0.1) is 0 Å². The molecule has 1 heterocycles. The van der Waals surface area contributed by atoms with Crippen molar-refractivity contribution in [3.8, 4) is 0 Å². The summed E-state index contributed by atoms with van der Waals surface area (Å²) in [5.41, 5.74) is 0.974. The largest absolute Gasteiger partial charge is 0.306 e. The van der Waals surface area contributed by atoms with Crippen molar-refractivity contribution in [1.82, 2.24) is 15.1 Å². The zero-order chi connectivity index (χ0) is 14.7. The topological polar surface area (TPSA) is 64.0 Å². The molecule has 1 aromatic heterocycles. The van der Waals surface area contributed by atoms with E-state index in [4.69, 9.17) is 0 Å². The number of hydrogen-bond acceptors (Lipinski definition) is 4. The summed E-state index contributed by atoms with van der Waals surface area (Å²) in [5, 5.41) is 7.38. The predicted molar refractivity (Wildman–Crippen MR) is 77.7 cm³/mol. The maximum Gasteiger partial charge on any atom is 0.154 e. The van der Waals surface area contributed by atoms with Crippen molar-refractivity contribution in [2.45, 2.75) is 58.5 Å². The lowest BCUT2D eigenvalue weighted by atomic mass is 10.1. The summed E-state index contributed by atoms with van der Waals surface area (Å²) in [6.07, 6.45) is 1.83. The third kappa shape index (κ3) is 5.74. The Bertz CT molecular complexity index is 498. The van der Waals surface area contributed by atoms with Crippen LogP contribution in [0.25, 0.3) is 0 Å². The van der Waals surface area contributed by atoms with Gasteiger partial charge in [-0.1, -0.05) is 0 Å². The van der Waals surface area contributed by atoms with Crippen LogP contribution in [0.3, 0.4) is 0 Å². The molecule has 0 bridgehead atoms. The quantitative estimate of drug-likeness (QED) is 0.863. The van der Waals surface area contributed by atoms with Crippen molar-refractivity contribution in [2.75, 3.05) is 5.75 Å². The molecule has 0 saturated carbocycles. The molecule has 0 spiro atoms. The van der Waals surface area contributed by atoms with Crippen LogP contribution in [0.4, 0.5) is 0 Å². The van der Waals surface area contributed by atoms with Crippen LogP contribution in [0.5, 0.6) is 0 Å². The molecule has 1 N–H and O–H groups in total. The molecule has 6 heteroatoms. The summed E-state index contributed by atoms with van der Waals surface area (Å²) in [5.74, 6) is 0.137. The highest BCUT2D eigenvalue weighted by atomic mass is 32.2. The fourth-order valence-electron chi connectivity index (χ4n) is 1.43. The van der Waals surface area contributed by atoms with E-state index in [0.717, 1.165) is 5.69 Å². The Morgan fingerprint density at radius 1 is 1.37 bits per heavy atom. The van der Waals surface area contributed by atoms with Gasteiger partial charge in [-0.25, -0.2) is 8.42 Å². The molecule has 0 unspecified atom stereocenters. The lowest BCUT2D eigenvalue weighted by molar-refractivity contribution is 0.419. The van der Waals surface area contributed by atoms with E-state index in [0.29, 0.717) is 13.1 Å². The summed E-state index contributed by atoms with van der Waals surface area (Å²) < 4.78 is 25.1. The van der Waals surface area contributed by atoms with Gasteiger partial charge >= 0.3 is 0 Å². The molecular weight excluding hydrogens is 262 g/mol. The summed E-state index contributed by atoms with van der Waals surface area (Å²) in [6.45, 7) is 10.8. The van der Waals surface area contributed by atoms with E-state index in [1.165, 1.54) is 0 Å². The van der Waals surface area contributed by atoms with Gasteiger partial charge in [0.2, 0.25) is 0 Å². The van der Waals surface area contributed by atoms with E-state index >= 15 is 0 Å². The van der Waals surface area contributed by atoms with E-state index in [-0.39, 0.29) is 16.5 Å². The Kier molecular flexibility index (Phi) is 5.15. The number of aromatic nitrogens is 2. The van der Waals surface area contributed by atoms with Crippen LogP contribution in [-0.4, -0.2) is 34.7 Å². The molecule has 0 aliphatic carbocycles. The van der Waals surface area contributed by atoms with Crippen molar-refractivity contribution in [1.29, 1.82) is 0 Å². The molecule has 0 saturated heterocycles. The van der Waals surface area contributed by atoms with Gasteiger partial charge in [0, 0.05) is 18.3 Å². The molecule has 5 nitrogen and oxygen atoms in total. The SMILES string of the molecule is CC(C)S(=O)(=O)CCn1ccc(CNC(C)(C)C)n1. The second kappa shape index (κ2) is 6.05. The van der Waals surface area contributed by atoms with Gasteiger partial charge in [-0.2, -0.15) is 5.10 Å². The highest BCUT2D eigenvalue weighted by molar-refractivity contribution is 7.91. The van der Waals surface area contributed by atoms with Gasteiger partial charge in [0.1, 0.15) is 0 Å². The minimum absolute atomic E-state index is 0.0464. The average molecular weight is 287 g/mol. The zero-order valence-corrected chi connectivity index (χ0v) is 13.3. The van der Waals surface area contributed by atoms with Crippen LogP contribution in [0.2, 0.25) is 0 Å². The monoisotopic (exact) mass is 287 g/mol. The van der Waals surface area contributed by atoms with Gasteiger partial charge in [-0.05, 0) is 40.7 Å². The molecular formula is C13H25N3O2S. The molecule has 0 aliphatic heterocycles. The number of hydrogen-bond donors (Lipinski definition) is 1. The third-order valence-corrected chi connectivity index (χ3v) is 5.01. The van der Waals surface area contributed by atoms with Crippen molar-refractivity contribution < 1.29 is 8.42 Å². The van der Waals surface area contributed by atoms with E-state index in [2.05, 4.69) is 31.2 Å². The van der Waals surface area contributed by atoms with Crippen molar-refractivity contribution >= 4 is 9.84 Å². The van der Waals surface area contributed by atoms with E-state index < -0.39 is 9.84 Å². The summed E-state index contributed by atoms with van der Waals surface area (Å²) in [4.78, 5) is 0. The first-order valence-electron chi connectivity index (χ1n) is 6.59. The Morgan fingerprint density at radius 2 is 2.00 bits per heavy atom. The Labute approximate surface area is 116 Å². The second-order valence-electron chi connectivity index (χ2n) is 6.09. The number of nitrogens with zero attached hydrogens (tertiary/aromatic N) is 2. The third-order valence-electron chi connectivity index (χ3n) is 2.82. The minimum Gasteiger partial charge on any atom is -0.306 e. The minimum atomic E-state index is -3.00. The first-order valence-corrected chi connectivity index (χ1v) is 8.30. The molecule has 0 aromatic carbocycles.